The Morgan fingerprint density at radius 3 is 2.58 bits per heavy atom. The first-order valence-electron chi connectivity index (χ1n) is 11.1. The molecule has 2 aromatic carbocycles. The van der Waals surface area contributed by atoms with Gasteiger partial charge in [-0.1, -0.05) is 37.3 Å². The van der Waals surface area contributed by atoms with E-state index in [9.17, 15) is 4.79 Å². The Morgan fingerprint density at radius 1 is 1.06 bits per heavy atom. The molecular formula is C25H30N6O2. The summed E-state index contributed by atoms with van der Waals surface area (Å²) >= 11 is 0. The second-order valence-electron chi connectivity index (χ2n) is 8.88. The molecule has 0 radical (unpaired) electrons. The van der Waals surface area contributed by atoms with Crippen LogP contribution in [0.5, 0.6) is 5.75 Å². The van der Waals surface area contributed by atoms with Crippen molar-refractivity contribution in [3.8, 4) is 5.75 Å². The number of rotatable bonds is 9. The van der Waals surface area contributed by atoms with E-state index < -0.39 is 0 Å². The molecule has 1 N–H and O–H groups in total. The summed E-state index contributed by atoms with van der Waals surface area (Å²) in [6.45, 7) is 8.00. The average Bonchev–Trinajstić information content (AvgIpc) is 3.29. The van der Waals surface area contributed by atoms with Crippen molar-refractivity contribution in [2.75, 3.05) is 7.11 Å². The molecule has 0 atom stereocenters. The maximum Gasteiger partial charge on any atom is 0.252 e. The molecule has 0 aliphatic rings. The van der Waals surface area contributed by atoms with Crippen LogP contribution in [0, 0.1) is 0 Å². The van der Waals surface area contributed by atoms with Crippen molar-refractivity contribution in [2.24, 2.45) is 0 Å². The number of H-pyrrole nitrogens is 1. The lowest BCUT2D eigenvalue weighted by Crippen LogP contribution is -2.32. The van der Waals surface area contributed by atoms with Crippen LogP contribution in [-0.4, -0.2) is 37.2 Å². The third-order valence-corrected chi connectivity index (χ3v) is 6.11. The molecule has 0 unspecified atom stereocenters. The number of aromatic amines is 1. The van der Waals surface area contributed by atoms with Gasteiger partial charge in [0, 0.05) is 29.6 Å². The number of ether oxygens (including phenoxy) is 1. The zero-order valence-corrected chi connectivity index (χ0v) is 19.6. The molecule has 8 nitrogen and oxygen atoms in total. The minimum atomic E-state index is -0.200. The SMILES string of the molecule is CCC(C)(C)n1nnnc1CN(Cc1ccccc1)Cc1cc2cc(OC)ccc2[nH]c1=O. The third-order valence-electron chi connectivity index (χ3n) is 6.11. The molecular weight excluding hydrogens is 416 g/mol. The van der Waals surface area contributed by atoms with Crippen LogP contribution >= 0.6 is 0 Å². The van der Waals surface area contributed by atoms with Gasteiger partial charge in [-0.2, -0.15) is 0 Å². The molecule has 4 rings (SSSR count). The van der Waals surface area contributed by atoms with Crippen molar-refractivity contribution in [1.29, 1.82) is 0 Å². The molecule has 2 heterocycles. The van der Waals surface area contributed by atoms with Crippen molar-refractivity contribution in [2.45, 2.75) is 52.4 Å². The lowest BCUT2D eigenvalue weighted by Gasteiger charge is -2.27. The molecule has 2 aromatic heterocycles. The Labute approximate surface area is 193 Å². The quantitative estimate of drug-likeness (QED) is 0.420. The van der Waals surface area contributed by atoms with E-state index in [1.807, 2.05) is 47.1 Å². The van der Waals surface area contributed by atoms with Crippen molar-refractivity contribution >= 4 is 10.9 Å². The van der Waals surface area contributed by atoms with Crippen LogP contribution in [0.4, 0.5) is 0 Å². The molecule has 0 bridgehead atoms. The molecule has 0 fully saturated rings. The van der Waals surface area contributed by atoms with Gasteiger partial charge in [-0.15, -0.1) is 5.10 Å². The van der Waals surface area contributed by atoms with E-state index in [1.165, 1.54) is 0 Å². The van der Waals surface area contributed by atoms with E-state index in [1.54, 1.807) is 7.11 Å². The van der Waals surface area contributed by atoms with Crippen molar-refractivity contribution < 1.29 is 4.74 Å². The normalized spacial score (nSPS) is 11.9. The Morgan fingerprint density at radius 2 is 1.85 bits per heavy atom. The predicted octanol–water partition coefficient (Wildman–Crippen LogP) is 3.87. The van der Waals surface area contributed by atoms with Crippen molar-refractivity contribution in [3.05, 3.63) is 81.9 Å². The van der Waals surface area contributed by atoms with Gasteiger partial charge in [0.15, 0.2) is 5.82 Å². The van der Waals surface area contributed by atoms with Gasteiger partial charge in [0.1, 0.15) is 5.75 Å². The van der Waals surface area contributed by atoms with Crippen molar-refractivity contribution in [1.82, 2.24) is 30.1 Å². The molecule has 0 saturated carbocycles. The summed E-state index contributed by atoms with van der Waals surface area (Å²) < 4.78 is 7.24. The molecule has 0 amide bonds. The first-order chi connectivity index (χ1) is 15.9. The van der Waals surface area contributed by atoms with Crippen LogP contribution in [-0.2, 0) is 25.2 Å². The summed E-state index contributed by atoms with van der Waals surface area (Å²) in [7, 11) is 1.64. The molecule has 0 aliphatic carbocycles. The fourth-order valence-electron chi connectivity index (χ4n) is 3.85. The molecule has 4 aromatic rings. The number of nitrogens with zero attached hydrogens (tertiary/aromatic N) is 5. The van der Waals surface area contributed by atoms with Gasteiger partial charge in [0.2, 0.25) is 0 Å². The fourth-order valence-corrected chi connectivity index (χ4v) is 3.85. The number of nitrogens with one attached hydrogen (secondary N) is 1. The predicted molar refractivity (Wildman–Crippen MR) is 128 cm³/mol. The van der Waals surface area contributed by atoms with E-state index >= 15 is 0 Å². The van der Waals surface area contributed by atoms with Gasteiger partial charge < -0.3 is 9.72 Å². The highest BCUT2D eigenvalue weighted by atomic mass is 16.5. The van der Waals surface area contributed by atoms with E-state index in [4.69, 9.17) is 4.74 Å². The zero-order chi connectivity index (χ0) is 23.4. The largest absolute Gasteiger partial charge is 0.497 e. The first-order valence-corrected chi connectivity index (χ1v) is 11.1. The Balaban J connectivity index is 1.68. The fraction of sp³-hybridized carbons (Fsp3) is 0.360. The highest BCUT2D eigenvalue weighted by Crippen LogP contribution is 2.22. The minimum Gasteiger partial charge on any atom is -0.497 e. The Kier molecular flexibility index (Phi) is 6.55. The van der Waals surface area contributed by atoms with Gasteiger partial charge in [-0.25, -0.2) is 4.68 Å². The number of benzene rings is 2. The third kappa shape index (κ3) is 5.12. The summed E-state index contributed by atoms with van der Waals surface area (Å²) in [5.74, 6) is 1.53. The number of pyridine rings is 1. The summed E-state index contributed by atoms with van der Waals surface area (Å²) in [6.07, 6.45) is 0.899. The minimum absolute atomic E-state index is 0.0980. The standard InChI is InChI=1S/C25H30N6O2/c1-5-25(2,3)31-23(27-28-29-31)17-30(15-18-9-7-6-8-10-18)16-20-13-19-14-21(33-4)11-12-22(19)26-24(20)32/h6-14H,5,15-17H2,1-4H3,(H,26,32). The smallest absolute Gasteiger partial charge is 0.252 e. The molecule has 33 heavy (non-hydrogen) atoms. The van der Waals surface area contributed by atoms with E-state index in [0.29, 0.717) is 25.2 Å². The van der Waals surface area contributed by atoms with Gasteiger partial charge in [0.05, 0.1) is 19.2 Å². The lowest BCUT2D eigenvalue weighted by molar-refractivity contribution is 0.217. The molecule has 8 heteroatoms. The van der Waals surface area contributed by atoms with Crippen LogP contribution in [0.15, 0.2) is 59.4 Å². The highest BCUT2D eigenvalue weighted by Gasteiger charge is 2.24. The monoisotopic (exact) mass is 446 g/mol. The Hall–Kier alpha value is -3.52. The summed E-state index contributed by atoms with van der Waals surface area (Å²) in [6, 6.07) is 17.8. The highest BCUT2D eigenvalue weighted by molar-refractivity contribution is 5.80. The topological polar surface area (TPSA) is 88.9 Å². The van der Waals surface area contributed by atoms with Gasteiger partial charge in [-0.3, -0.25) is 9.69 Å². The number of hydrogen-bond acceptors (Lipinski definition) is 6. The van der Waals surface area contributed by atoms with E-state index in [2.05, 4.69) is 58.3 Å². The van der Waals surface area contributed by atoms with Crippen LogP contribution in [0.3, 0.4) is 0 Å². The molecule has 0 spiro atoms. The Bertz CT molecular complexity index is 1280. The van der Waals surface area contributed by atoms with E-state index in [-0.39, 0.29) is 11.1 Å². The van der Waals surface area contributed by atoms with Gasteiger partial charge >= 0.3 is 0 Å². The first kappa shape index (κ1) is 22.7. The summed E-state index contributed by atoms with van der Waals surface area (Å²) in [5, 5.41) is 13.4. The summed E-state index contributed by atoms with van der Waals surface area (Å²) in [4.78, 5) is 18.1. The lowest BCUT2D eigenvalue weighted by atomic mass is 10.0. The van der Waals surface area contributed by atoms with Crippen LogP contribution in [0.2, 0.25) is 0 Å². The molecule has 172 valence electrons. The number of methoxy groups -OCH3 is 1. The second-order valence-corrected chi connectivity index (χ2v) is 8.88. The zero-order valence-electron chi connectivity index (χ0n) is 19.6. The number of aromatic nitrogens is 5. The summed E-state index contributed by atoms with van der Waals surface area (Å²) in [5.41, 5.74) is 2.33. The van der Waals surface area contributed by atoms with Gasteiger partial charge in [-0.05, 0) is 60.5 Å². The van der Waals surface area contributed by atoms with Crippen LogP contribution in [0.25, 0.3) is 10.9 Å². The molecule has 0 aliphatic heterocycles. The maximum absolute atomic E-state index is 12.9. The van der Waals surface area contributed by atoms with Crippen LogP contribution < -0.4 is 10.3 Å². The number of hydrogen-bond donors (Lipinski definition) is 1. The van der Waals surface area contributed by atoms with E-state index in [0.717, 1.165) is 34.5 Å². The van der Waals surface area contributed by atoms with Gasteiger partial charge in [0.25, 0.3) is 5.56 Å². The van der Waals surface area contributed by atoms with Crippen LogP contribution in [0.1, 0.15) is 44.1 Å². The average molecular weight is 447 g/mol. The second kappa shape index (κ2) is 9.54. The molecule has 0 saturated heterocycles. The maximum atomic E-state index is 12.9. The van der Waals surface area contributed by atoms with Crippen molar-refractivity contribution in [3.63, 3.8) is 0 Å². The number of tetrazole rings is 1. The number of fused-ring (bicyclic) bond motifs is 1.